The second kappa shape index (κ2) is 5.47. The number of nitrogen functional groups attached to an aromatic ring is 1. The van der Waals surface area contributed by atoms with Crippen LogP contribution in [0.4, 0.5) is 4.39 Å². The van der Waals surface area contributed by atoms with Gasteiger partial charge in [-0.1, -0.05) is 29.3 Å². The molecule has 0 heterocycles. The molecule has 0 aliphatic heterocycles. The quantitative estimate of drug-likeness (QED) is 0.659. The van der Waals surface area contributed by atoms with E-state index in [0.29, 0.717) is 15.8 Å². The van der Waals surface area contributed by atoms with Crippen LogP contribution in [0.5, 0.6) is 11.5 Å². The van der Waals surface area contributed by atoms with Gasteiger partial charge < -0.3 is 10.5 Å². The molecule has 2 aromatic rings. The van der Waals surface area contributed by atoms with Crippen molar-refractivity contribution in [2.45, 2.75) is 0 Å². The summed E-state index contributed by atoms with van der Waals surface area (Å²) in [7, 11) is 0. The van der Waals surface area contributed by atoms with Crippen molar-refractivity contribution in [1.29, 1.82) is 5.41 Å². The van der Waals surface area contributed by atoms with E-state index in [1.807, 2.05) is 0 Å². The number of nitrogens with one attached hydrogen (secondary N) is 1. The van der Waals surface area contributed by atoms with Crippen molar-refractivity contribution in [1.82, 2.24) is 0 Å². The zero-order valence-electron chi connectivity index (χ0n) is 9.58. The normalized spacial score (nSPS) is 10.3. The maximum atomic E-state index is 13.6. The van der Waals surface area contributed by atoms with E-state index >= 15 is 0 Å². The predicted molar refractivity (Wildman–Crippen MR) is 74.0 cm³/mol. The van der Waals surface area contributed by atoms with E-state index in [0.717, 1.165) is 0 Å². The van der Waals surface area contributed by atoms with E-state index in [2.05, 4.69) is 0 Å². The second-order valence-corrected chi connectivity index (χ2v) is 4.61. The minimum atomic E-state index is -0.627. The van der Waals surface area contributed by atoms with Crippen LogP contribution in [0.3, 0.4) is 0 Å². The highest BCUT2D eigenvalue weighted by atomic mass is 35.5. The van der Waals surface area contributed by atoms with Crippen LogP contribution in [0.2, 0.25) is 10.0 Å². The molecule has 0 aromatic heterocycles. The Morgan fingerprint density at radius 3 is 2.37 bits per heavy atom. The molecule has 3 N–H and O–H groups in total. The highest BCUT2D eigenvalue weighted by Gasteiger charge is 2.13. The maximum absolute atomic E-state index is 13.6. The topological polar surface area (TPSA) is 59.1 Å². The second-order valence-electron chi connectivity index (χ2n) is 3.73. The zero-order valence-corrected chi connectivity index (χ0v) is 11.1. The number of nitrogens with two attached hydrogens (primary N) is 1. The molecule has 0 unspecified atom stereocenters. The van der Waals surface area contributed by atoms with Gasteiger partial charge in [0.25, 0.3) is 0 Å². The fourth-order valence-corrected chi connectivity index (χ4v) is 2.07. The van der Waals surface area contributed by atoms with Crippen LogP contribution >= 0.6 is 23.2 Å². The highest BCUT2D eigenvalue weighted by Crippen LogP contribution is 2.30. The van der Waals surface area contributed by atoms with E-state index in [1.165, 1.54) is 30.3 Å². The first-order chi connectivity index (χ1) is 8.97. The lowest BCUT2D eigenvalue weighted by Crippen LogP contribution is -2.14. The molecular formula is C13H9Cl2FN2O. The van der Waals surface area contributed by atoms with Crippen LogP contribution in [0.1, 0.15) is 5.56 Å². The molecule has 0 radical (unpaired) electrons. The van der Waals surface area contributed by atoms with Crippen LogP contribution in [-0.2, 0) is 0 Å². The van der Waals surface area contributed by atoms with Gasteiger partial charge in [0.15, 0.2) is 0 Å². The van der Waals surface area contributed by atoms with E-state index < -0.39 is 11.7 Å². The third-order valence-corrected chi connectivity index (χ3v) is 2.75. The van der Waals surface area contributed by atoms with Crippen molar-refractivity contribution in [3.8, 4) is 11.5 Å². The Kier molecular flexibility index (Phi) is 3.93. The Labute approximate surface area is 119 Å². The standard InChI is InChI=1S/C13H9Cl2FN2O/c14-7-4-8(15)6-9(5-7)19-11-3-1-2-10(16)12(11)13(17)18/h1-6H,(H3,17,18). The summed E-state index contributed by atoms with van der Waals surface area (Å²) >= 11 is 11.7. The number of amidine groups is 1. The van der Waals surface area contributed by atoms with E-state index in [4.69, 9.17) is 39.1 Å². The molecule has 0 amide bonds. The van der Waals surface area contributed by atoms with Crippen LogP contribution in [-0.4, -0.2) is 5.84 Å². The minimum absolute atomic E-state index is 0.0985. The van der Waals surface area contributed by atoms with Crippen molar-refractivity contribution in [3.05, 3.63) is 57.8 Å². The molecule has 0 fully saturated rings. The molecule has 98 valence electrons. The lowest BCUT2D eigenvalue weighted by molar-refractivity contribution is 0.475. The first-order valence-electron chi connectivity index (χ1n) is 5.24. The molecule has 6 heteroatoms. The summed E-state index contributed by atoms with van der Waals surface area (Å²) in [5.41, 5.74) is 5.24. The molecule has 0 saturated carbocycles. The number of benzene rings is 2. The van der Waals surface area contributed by atoms with E-state index in [9.17, 15) is 4.39 Å². The van der Waals surface area contributed by atoms with Gasteiger partial charge in [-0.05, 0) is 30.3 Å². The predicted octanol–water partition coefficient (Wildman–Crippen LogP) is 4.21. The minimum Gasteiger partial charge on any atom is -0.456 e. The van der Waals surface area contributed by atoms with Crippen LogP contribution < -0.4 is 10.5 Å². The summed E-state index contributed by atoms with van der Waals surface area (Å²) in [5, 5.41) is 8.16. The first-order valence-corrected chi connectivity index (χ1v) is 6.00. The molecule has 0 atom stereocenters. The van der Waals surface area contributed by atoms with Crippen LogP contribution in [0, 0.1) is 11.2 Å². The molecular weight excluding hydrogens is 290 g/mol. The summed E-state index contributed by atoms with van der Waals surface area (Å²) in [6.07, 6.45) is 0. The third kappa shape index (κ3) is 3.16. The highest BCUT2D eigenvalue weighted by molar-refractivity contribution is 6.34. The Morgan fingerprint density at radius 2 is 1.79 bits per heavy atom. The van der Waals surface area contributed by atoms with Gasteiger partial charge in [-0.3, -0.25) is 5.41 Å². The van der Waals surface area contributed by atoms with Crippen molar-refractivity contribution in [2.75, 3.05) is 0 Å². The van der Waals surface area contributed by atoms with Crippen molar-refractivity contribution >= 4 is 29.0 Å². The summed E-state index contributed by atoms with van der Waals surface area (Å²) in [6, 6.07) is 8.78. The molecule has 0 aliphatic carbocycles. The smallest absolute Gasteiger partial charge is 0.141 e. The fraction of sp³-hybridized carbons (Fsp3) is 0. The molecule has 0 saturated heterocycles. The number of ether oxygens (including phenoxy) is 1. The van der Waals surface area contributed by atoms with Gasteiger partial charge >= 0.3 is 0 Å². The Bertz CT molecular complexity index is 626. The number of hydrogen-bond donors (Lipinski definition) is 2. The molecule has 2 aromatic carbocycles. The van der Waals surface area contributed by atoms with Gasteiger partial charge in [0.2, 0.25) is 0 Å². The maximum Gasteiger partial charge on any atom is 0.141 e. The fourth-order valence-electron chi connectivity index (χ4n) is 1.57. The van der Waals surface area contributed by atoms with Crippen molar-refractivity contribution < 1.29 is 9.13 Å². The lowest BCUT2D eigenvalue weighted by atomic mass is 10.1. The molecule has 0 spiro atoms. The summed E-state index contributed by atoms with van der Waals surface area (Å²) in [5.74, 6) is -0.573. The number of halogens is 3. The van der Waals surface area contributed by atoms with Gasteiger partial charge in [0.05, 0.1) is 5.56 Å². The molecule has 0 aliphatic rings. The van der Waals surface area contributed by atoms with Crippen molar-refractivity contribution in [3.63, 3.8) is 0 Å². The molecule has 19 heavy (non-hydrogen) atoms. The molecule has 0 bridgehead atoms. The summed E-state index contributed by atoms with van der Waals surface area (Å²) in [4.78, 5) is 0. The zero-order chi connectivity index (χ0) is 14.0. The average Bonchev–Trinajstić information content (AvgIpc) is 2.26. The van der Waals surface area contributed by atoms with Gasteiger partial charge in [0.1, 0.15) is 23.2 Å². The van der Waals surface area contributed by atoms with Crippen LogP contribution in [0.15, 0.2) is 36.4 Å². The summed E-state index contributed by atoms with van der Waals surface area (Å²) in [6.45, 7) is 0. The first kappa shape index (κ1) is 13.6. The lowest BCUT2D eigenvalue weighted by Gasteiger charge is -2.11. The molecule has 2 rings (SSSR count). The monoisotopic (exact) mass is 298 g/mol. The largest absolute Gasteiger partial charge is 0.456 e. The number of rotatable bonds is 3. The number of hydrogen-bond acceptors (Lipinski definition) is 2. The SMILES string of the molecule is N=C(N)c1c(F)cccc1Oc1cc(Cl)cc(Cl)c1. The van der Waals surface area contributed by atoms with Gasteiger partial charge in [-0.15, -0.1) is 0 Å². The van der Waals surface area contributed by atoms with Crippen LogP contribution in [0.25, 0.3) is 0 Å². The average molecular weight is 299 g/mol. The Hall–Kier alpha value is -1.78. The van der Waals surface area contributed by atoms with Gasteiger partial charge in [-0.2, -0.15) is 0 Å². The Balaban J connectivity index is 2.43. The van der Waals surface area contributed by atoms with Crippen molar-refractivity contribution in [2.24, 2.45) is 5.73 Å². The van der Waals surface area contributed by atoms with E-state index in [-0.39, 0.29) is 11.3 Å². The Morgan fingerprint density at radius 1 is 1.16 bits per heavy atom. The van der Waals surface area contributed by atoms with Gasteiger partial charge in [-0.25, -0.2) is 4.39 Å². The molecule has 3 nitrogen and oxygen atoms in total. The third-order valence-electron chi connectivity index (χ3n) is 2.31. The van der Waals surface area contributed by atoms with E-state index in [1.54, 1.807) is 6.07 Å². The van der Waals surface area contributed by atoms with Gasteiger partial charge in [0, 0.05) is 10.0 Å². The summed E-state index contributed by atoms with van der Waals surface area (Å²) < 4.78 is 19.1.